The van der Waals surface area contributed by atoms with Gasteiger partial charge in [-0.2, -0.15) is 0 Å². The first kappa shape index (κ1) is 12.8. The molecule has 0 aromatic heterocycles. The second kappa shape index (κ2) is 3.97. The van der Waals surface area contributed by atoms with E-state index in [0.29, 0.717) is 5.88 Å². The number of nitrogens with zero attached hydrogens (tertiary/aromatic N) is 1. The lowest BCUT2D eigenvalue weighted by atomic mass is 9.84. The summed E-state index contributed by atoms with van der Waals surface area (Å²) in [6.07, 6.45) is 0.155. The van der Waals surface area contributed by atoms with Gasteiger partial charge in [-0.15, -0.1) is 11.6 Å². The van der Waals surface area contributed by atoms with E-state index >= 15 is 0 Å². The Morgan fingerprint density at radius 3 is 2.13 bits per heavy atom. The third-order valence-electron chi connectivity index (χ3n) is 2.80. The minimum absolute atomic E-state index is 0.142. The summed E-state index contributed by atoms with van der Waals surface area (Å²) in [5.74, 6) is 1.35. The Morgan fingerprint density at radius 2 is 1.80 bits per heavy atom. The van der Waals surface area contributed by atoms with Crippen LogP contribution in [0.25, 0.3) is 0 Å². The summed E-state index contributed by atoms with van der Waals surface area (Å²) in [5, 5.41) is 0. The zero-order chi connectivity index (χ0) is 11.9. The second-order valence-corrected chi connectivity index (χ2v) is 6.35. The van der Waals surface area contributed by atoms with Crippen molar-refractivity contribution in [3.8, 4) is 0 Å². The molecule has 1 aliphatic heterocycles. The van der Waals surface area contributed by atoms with Crippen LogP contribution in [0.4, 0.5) is 0 Å². The van der Waals surface area contributed by atoms with Crippen molar-refractivity contribution in [2.75, 3.05) is 5.88 Å². The van der Waals surface area contributed by atoms with Gasteiger partial charge in [0.1, 0.15) is 6.10 Å². The number of alkyl halides is 1. The highest BCUT2D eigenvalue weighted by Gasteiger charge is 2.40. The maximum Gasteiger partial charge on any atom is 0.191 e. The Kier molecular flexibility index (Phi) is 3.39. The molecular weight excluding hydrogens is 210 g/mol. The summed E-state index contributed by atoms with van der Waals surface area (Å²) < 4.78 is 5.82. The van der Waals surface area contributed by atoms with E-state index in [0.717, 1.165) is 5.90 Å². The molecule has 1 heterocycles. The predicted molar refractivity (Wildman–Crippen MR) is 65.7 cm³/mol. The van der Waals surface area contributed by atoms with E-state index in [-0.39, 0.29) is 23.0 Å². The minimum Gasteiger partial charge on any atom is -0.475 e. The molecule has 0 fully saturated rings. The van der Waals surface area contributed by atoms with Crippen molar-refractivity contribution in [2.24, 2.45) is 15.8 Å². The third-order valence-corrected chi connectivity index (χ3v) is 3.47. The van der Waals surface area contributed by atoms with Crippen LogP contribution in [0.1, 0.15) is 41.5 Å². The Labute approximate surface area is 98.1 Å². The molecule has 88 valence electrons. The first-order valence-corrected chi connectivity index (χ1v) is 6.03. The number of hydrogen-bond acceptors (Lipinski definition) is 2. The molecule has 1 aliphatic rings. The molecule has 3 heteroatoms. The van der Waals surface area contributed by atoms with Gasteiger partial charge in [0.2, 0.25) is 0 Å². The molecule has 2 atom stereocenters. The van der Waals surface area contributed by atoms with Gasteiger partial charge in [0.05, 0.1) is 11.5 Å². The van der Waals surface area contributed by atoms with E-state index in [2.05, 4.69) is 41.5 Å². The van der Waals surface area contributed by atoms with Crippen molar-refractivity contribution >= 4 is 17.5 Å². The van der Waals surface area contributed by atoms with Gasteiger partial charge in [0.25, 0.3) is 0 Å². The SMILES string of the molecule is CC1OC(C(C)(C)CCl)=NC1C(C)(C)C. The van der Waals surface area contributed by atoms with Crippen molar-refractivity contribution < 1.29 is 4.74 Å². The van der Waals surface area contributed by atoms with Crippen molar-refractivity contribution in [1.82, 2.24) is 0 Å². The van der Waals surface area contributed by atoms with E-state index in [1.54, 1.807) is 0 Å². The molecule has 15 heavy (non-hydrogen) atoms. The van der Waals surface area contributed by atoms with Crippen molar-refractivity contribution in [3.05, 3.63) is 0 Å². The molecule has 0 spiro atoms. The first-order valence-electron chi connectivity index (χ1n) is 5.49. The van der Waals surface area contributed by atoms with Gasteiger partial charge < -0.3 is 4.74 Å². The number of rotatable bonds is 2. The lowest BCUT2D eigenvalue weighted by Gasteiger charge is -2.26. The van der Waals surface area contributed by atoms with Gasteiger partial charge in [0, 0.05) is 5.88 Å². The van der Waals surface area contributed by atoms with E-state index < -0.39 is 0 Å². The lowest BCUT2D eigenvalue weighted by molar-refractivity contribution is 0.143. The van der Waals surface area contributed by atoms with Gasteiger partial charge in [-0.25, -0.2) is 4.99 Å². The molecule has 0 radical (unpaired) electrons. The Morgan fingerprint density at radius 1 is 1.27 bits per heavy atom. The minimum atomic E-state index is -0.157. The number of halogens is 1. The fourth-order valence-electron chi connectivity index (χ4n) is 1.79. The molecule has 0 saturated heterocycles. The molecule has 0 aliphatic carbocycles. The monoisotopic (exact) mass is 231 g/mol. The van der Waals surface area contributed by atoms with Crippen molar-refractivity contribution in [3.63, 3.8) is 0 Å². The predicted octanol–water partition coefficient (Wildman–Crippen LogP) is 3.48. The molecule has 2 nitrogen and oxygen atoms in total. The average Bonchev–Trinajstić information content (AvgIpc) is 2.47. The molecular formula is C12H22ClNO. The Hall–Kier alpha value is -0.240. The fraction of sp³-hybridized carbons (Fsp3) is 0.917. The van der Waals surface area contributed by atoms with E-state index in [4.69, 9.17) is 21.3 Å². The number of hydrogen-bond donors (Lipinski definition) is 0. The van der Waals surface area contributed by atoms with Gasteiger partial charge in [0.15, 0.2) is 5.90 Å². The highest BCUT2D eigenvalue weighted by Crippen LogP contribution is 2.35. The summed E-state index contributed by atoms with van der Waals surface area (Å²) in [7, 11) is 0. The lowest BCUT2D eigenvalue weighted by Crippen LogP contribution is -2.32. The van der Waals surface area contributed by atoms with Gasteiger partial charge in [-0.3, -0.25) is 0 Å². The van der Waals surface area contributed by atoms with E-state index in [1.807, 2.05) is 0 Å². The van der Waals surface area contributed by atoms with Crippen LogP contribution in [-0.2, 0) is 4.74 Å². The third kappa shape index (κ3) is 2.66. The highest BCUT2D eigenvalue weighted by molar-refractivity contribution is 6.19. The van der Waals surface area contributed by atoms with Crippen LogP contribution in [0, 0.1) is 10.8 Å². The van der Waals surface area contributed by atoms with Crippen LogP contribution in [0.15, 0.2) is 4.99 Å². The van der Waals surface area contributed by atoms with Gasteiger partial charge in [-0.05, 0) is 26.2 Å². The first-order chi connectivity index (χ1) is 6.68. The maximum atomic E-state index is 5.92. The molecule has 0 aromatic rings. The Bertz CT molecular complexity index is 265. The van der Waals surface area contributed by atoms with Crippen molar-refractivity contribution in [2.45, 2.75) is 53.7 Å². The number of aliphatic imine (C=N–C) groups is 1. The smallest absolute Gasteiger partial charge is 0.191 e. The fourth-order valence-corrected chi connectivity index (χ4v) is 1.91. The van der Waals surface area contributed by atoms with Gasteiger partial charge in [-0.1, -0.05) is 20.8 Å². The van der Waals surface area contributed by atoms with E-state index in [1.165, 1.54) is 0 Å². The molecule has 1 rings (SSSR count). The summed E-state index contributed by atoms with van der Waals surface area (Å²) in [5.41, 5.74) is -0.0145. The molecule has 0 saturated carbocycles. The molecule has 0 amide bonds. The zero-order valence-corrected chi connectivity index (χ0v) is 11.4. The molecule has 2 unspecified atom stereocenters. The van der Waals surface area contributed by atoms with Gasteiger partial charge >= 0.3 is 0 Å². The summed E-state index contributed by atoms with van der Waals surface area (Å²) in [6.45, 7) is 12.8. The highest BCUT2D eigenvalue weighted by atomic mass is 35.5. The van der Waals surface area contributed by atoms with Crippen molar-refractivity contribution in [1.29, 1.82) is 0 Å². The maximum absolute atomic E-state index is 5.92. The summed E-state index contributed by atoms with van der Waals surface area (Å²) in [4.78, 5) is 4.69. The van der Waals surface area contributed by atoms with Crippen LogP contribution < -0.4 is 0 Å². The summed E-state index contributed by atoms with van der Waals surface area (Å²) >= 11 is 5.92. The quantitative estimate of drug-likeness (QED) is 0.667. The average molecular weight is 232 g/mol. The summed E-state index contributed by atoms with van der Waals surface area (Å²) in [6, 6.07) is 0.231. The Balaban J connectivity index is 2.90. The topological polar surface area (TPSA) is 21.6 Å². The zero-order valence-electron chi connectivity index (χ0n) is 10.6. The van der Waals surface area contributed by atoms with Crippen LogP contribution in [0.2, 0.25) is 0 Å². The molecule has 0 bridgehead atoms. The van der Waals surface area contributed by atoms with Crippen LogP contribution in [-0.4, -0.2) is 23.9 Å². The normalized spacial score (nSPS) is 27.5. The largest absolute Gasteiger partial charge is 0.475 e. The molecule has 0 aromatic carbocycles. The van der Waals surface area contributed by atoms with Crippen LogP contribution in [0.5, 0.6) is 0 Å². The van der Waals surface area contributed by atoms with Crippen LogP contribution >= 0.6 is 11.6 Å². The van der Waals surface area contributed by atoms with E-state index in [9.17, 15) is 0 Å². The standard InChI is InChI=1S/C12H22ClNO/c1-8-9(11(2,3)4)14-10(15-8)12(5,6)7-13/h8-9H,7H2,1-6H3. The molecule has 0 N–H and O–H groups in total. The second-order valence-electron chi connectivity index (χ2n) is 6.09. The number of ether oxygens (including phenoxy) is 1. The van der Waals surface area contributed by atoms with Crippen LogP contribution in [0.3, 0.4) is 0 Å².